The van der Waals surface area contributed by atoms with E-state index in [9.17, 15) is 0 Å². The van der Waals surface area contributed by atoms with Crippen molar-refractivity contribution in [1.82, 2.24) is 9.78 Å². The lowest BCUT2D eigenvalue weighted by molar-refractivity contribution is -0.0366. The lowest BCUT2D eigenvalue weighted by Crippen LogP contribution is -2.18. The van der Waals surface area contributed by atoms with Crippen LogP contribution in [-0.2, 0) is 11.3 Å². The minimum atomic E-state index is 0.0272. The van der Waals surface area contributed by atoms with Crippen molar-refractivity contribution in [2.75, 3.05) is 6.61 Å². The van der Waals surface area contributed by atoms with E-state index in [4.69, 9.17) is 9.47 Å². The number of fused-ring (bicyclic) bond motifs is 1. The first-order valence-electron chi connectivity index (χ1n) is 8.27. The van der Waals surface area contributed by atoms with Gasteiger partial charge >= 0.3 is 0 Å². The number of hydrogen-bond acceptors (Lipinski definition) is 3. The van der Waals surface area contributed by atoms with Gasteiger partial charge in [0.2, 0.25) is 0 Å². The highest BCUT2D eigenvalue weighted by molar-refractivity contribution is 9.10. The third kappa shape index (κ3) is 3.06. The highest BCUT2D eigenvalue weighted by Gasteiger charge is 2.20. The molecule has 2 aromatic carbocycles. The Morgan fingerprint density at radius 3 is 2.83 bits per heavy atom. The molecule has 124 valence electrons. The third-order valence-corrected chi connectivity index (χ3v) is 4.96. The average Bonchev–Trinajstić information content (AvgIpc) is 3.06. The van der Waals surface area contributed by atoms with Gasteiger partial charge in [0.1, 0.15) is 12.4 Å². The molecule has 1 aliphatic rings. The van der Waals surface area contributed by atoms with Gasteiger partial charge in [-0.15, -0.1) is 0 Å². The molecule has 0 aliphatic carbocycles. The summed E-state index contributed by atoms with van der Waals surface area (Å²) in [5, 5.41) is 5.58. The molecule has 2 heterocycles. The van der Waals surface area contributed by atoms with E-state index in [-0.39, 0.29) is 6.23 Å². The predicted molar refractivity (Wildman–Crippen MR) is 97.0 cm³/mol. The molecule has 5 heteroatoms. The summed E-state index contributed by atoms with van der Waals surface area (Å²) in [7, 11) is 0. The van der Waals surface area contributed by atoms with Gasteiger partial charge in [-0.3, -0.25) is 0 Å². The zero-order valence-electron chi connectivity index (χ0n) is 13.3. The zero-order chi connectivity index (χ0) is 16.4. The molecule has 0 amide bonds. The Hall–Kier alpha value is -1.85. The van der Waals surface area contributed by atoms with Crippen LogP contribution in [0.5, 0.6) is 5.75 Å². The predicted octanol–water partition coefficient (Wildman–Crippen LogP) is 5.08. The van der Waals surface area contributed by atoms with E-state index in [1.54, 1.807) is 0 Å². The van der Waals surface area contributed by atoms with Crippen LogP contribution in [0.1, 0.15) is 31.1 Å². The Balaban J connectivity index is 1.65. The summed E-state index contributed by atoms with van der Waals surface area (Å²) in [4.78, 5) is 0. The molecule has 1 unspecified atom stereocenters. The molecule has 1 aliphatic heterocycles. The average molecular weight is 387 g/mol. The van der Waals surface area contributed by atoms with Crippen LogP contribution in [0, 0.1) is 0 Å². The fourth-order valence-corrected chi connectivity index (χ4v) is 3.55. The summed E-state index contributed by atoms with van der Waals surface area (Å²) >= 11 is 3.60. The maximum absolute atomic E-state index is 6.10. The Morgan fingerprint density at radius 1 is 1.17 bits per heavy atom. The number of aromatic nitrogens is 2. The van der Waals surface area contributed by atoms with Crippen LogP contribution in [0.25, 0.3) is 10.9 Å². The van der Waals surface area contributed by atoms with Gasteiger partial charge in [-0.25, -0.2) is 4.68 Å². The second-order valence-corrected chi connectivity index (χ2v) is 6.85. The second-order valence-electron chi connectivity index (χ2n) is 5.99. The van der Waals surface area contributed by atoms with Crippen LogP contribution in [-0.4, -0.2) is 16.4 Å². The normalized spacial score (nSPS) is 18.0. The highest BCUT2D eigenvalue weighted by Crippen LogP contribution is 2.36. The van der Waals surface area contributed by atoms with Crippen LogP contribution in [0.15, 0.2) is 53.1 Å². The topological polar surface area (TPSA) is 36.3 Å². The smallest absolute Gasteiger partial charge is 0.150 e. The molecule has 1 atom stereocenters. The largest absolute Gasteiger partial charge is 0.487 e. The summed E-state index contributed by atoms with van der Waals surface area (Å²) in [6.45, 7) is 1.34. The van der Waals surface area contributed by atoms with Crippen molar-refractivity contribution in [3.63, 3.8) is 0 Å². The van der Waals surface area contributed by atoms with Gasteiger partial charge in [0.15, 0.2) is 6.23 Å². The molecular weight excluding hydrogens is 368 g/mol. The minimum Gasteiger partial charge on any atom is -0.487 e. The lowest BCUT2D eigenvalue weighted by Gasteiger charge is -2.23. The number of ether oxygens (including phenoxy) is 2. The summed E-state index contributed by atoms with van der Waals surface area (Å²) < 4.78 is 14.9. The van der Waals surface area contributed by atoms with Crippen molar-refractivity contribution in [2.45, 2.75) is 32.1 Å². The van der Waals surface area contributed by atoms with Crippen LogP contribution in [0.2, 0.25) is 0 Å². The molecule has 0 radical (unpaired) electrons. The molecule has 3 aromatic rings. The number of rotatable bonds is 4. The monoisotopic (exact) mass is 386 g/mol. The SMILES string of the molecule is Brc1ccc2c(cnn2C2CCCCO2)c1OCc1ccccc1. The summed E-state index contributed by atoms with van der Waals surface area (Å²) in [5.74, 6) is 0.832. The first-order valence-corrected chi connectivity index (χ1v) is 9.06. The Labute approximate surface area is 149 Å². The van der Waals surface area contributed by atoms with E-state index in [0.717, 1.165) is 46.1 Å². The first kappa shape index (κ1) is 15.7. The van der Waals surface area contributed by atoms with E-state index >= 15 is 0 Å². The van der Waals surface area contributed by atoms with Crippen molar-refractivity contribution in [1.29, 1.82) is 0 Å². The Morgan fingerprint density at radius 2 is 2.04 bits per heavy atom. The maximum atomic E-state index is 6.10. The quantitative estimate of drug-likeness (QED) is 0.627. The molecule has 0 bridgehead atoms. The van der Waals surface area contributed by atoms with Crippen molar-refractivity contribution >= 4 is 26.8 Å². The summed E-state index contributed by atoms with van der Waals surface area (Å²) in [6, 6.07) is 14.3. The molecule has 0 N–H and O–H groups in total. The molecule has 0 saturated carbocycles. The van der Waals surface area contributed by atoms with Crippen LogP contribution < -0.4 is 4.74 Å². The van der Waals surface area contributed by atoms with Gasteiger partial charge < -0.3 is 9.47 Å². The Kier molecular flexibility index (Phi) is 4.54. The minimum absolute atomic E-state index is 0.0272. The third-order valence-electron chi connectivity index (χ3n) is 4.34. The van der Waals surface area contributed by atoms with Crippen molar-refractivity contribution in [2.24, 2.45) is 0 Å². The van der Waals surface area contributed by atoms with Gasteiger partial charge in [0.05, 0.1) is 21.6 Å². The fourth-order valence-electron chi connectivity index (χ4n) is 3.09. The van der Waals surface area contributed by atoms with Crippen molar-refractivity contribution in [3.8, 4) is 5.75 Å². The van der Waals surface area contributed by atoms with Crippen LogP contribution in [0.4, 0.5) is 0 Å². The second kappa shape index (κ2) is 6.95. The van der Waals surface area contributed by atoms with Gasteiger partial charge in [-0.05, 0) is 52.9 Å². The maximum Gasteiger partial charge on any atom is 0.150 e. The van der Waals surface area contributed by atoms with Crippen LogP contribution in [0.3, 0.4) is 0 Å². The van der Waals surface area contributed by atoms with Gasteiger partial charge in [0, 0.05) is 6.61 Å². The van der Waals surface area contributed by atoms with Gasteiger partial charge in [-0.1, -0.05) is 30.3 Å². The van der Waals surface area contributed by atoms with Crippen LogP contribution >= 0.6 is 15.9 Å². The van der Waals surface area contributed by atoms with E-state index in [1.807, 2.05) is 35.1 Å². The van der Waals surface area contributed by atoms with Crippen molar-refractivity contribution < 1.29 is 9.47 Å². The molecule has 1 fully saturated rings. The molecular formula is C19H19BrN2O2. The number of nitrogens with zero attached hydrogens (tertiary/aromatic N) is 2. The van der Waals surface area contributed by atoms with E-state index < -0.39 is 0 Å². The molecule has 24 heavy (non-hydrogen) atoms. The summed E-state index contributed by atoms with van der Waals surface area (Å²) in [5.41, 5.74) is 2.19. The Bertz CT molecular complexity index is 826. The number of benzene rings is 2. The van der Waals surface area contributed by atoms with E-state index in [1.165, 1.54) is 6.42 Å². The zero-order valence-corrected chi connectivity index (χ0v) is 14.9. The standard InChI is InChI=1S/C19H19BrN2O2/c20-16-9-10-17-15(12-21-22(17)18-8-4-5-11-23-18)19(16)24-13-14-6-2-1-3-7-14/h1-3,6-7,9-10,12,18H,4-5,8,11,13H2. The van der Waals surface area contributed by atoms with Gasteiger partial charge in [0.25, 0.3) is 0 Å². The molecule has 1 saturated heterocycles. The van der Waals surface area contributed by atoms with E-state index in [2.05, 4.69) is 39.2 Å². The summed E-state index contributed by atoms with van der Waals surface area (Å²) in [6.07, 6.45) is 5.22. The van der Waals surface area contributed by atoms with E-state index in [0.29, 0.717) is 6.61 Å². The molecule has 4 rings (SSSR count). The number of hydrogen-bond donors (Lipinski definition) is 0. The number of halogens is 1. The lowest BCUT2D eigenvalue weighted by atomic mass is 10.2. The highest BCUT2D eigenvalue weighted by atomic mass is 79.9. The molecule has 1 aromatic heterocycles. The first-order chi connectivity index (χ1) is 11.8. The van der Waals surface area contributed by atoms with Gasteiger partial charge in [-0.2, -0.15) is 5.10 Å². The van der Waals surface area contributed by atoms with Crippen molar-refractivity contribution in [3.05, 3.63) is 58.7 Å². The molecule has 0 spiro atoms. The molecule has 4 nitrogen and oxygen atoms in total. The fraction of sp³-hybridized carbons (Fsp3) is 0.316.